The highest BCUT2D eigenvalue weighted by atomic mass is 79.9. The number of hydrogen-bond donors (Lipinski definition) is 0. The summed E-state index contributed by atoms with van der Waals surface area (Å²) in [6.45, 7) is 7.29. The van der Waals surface area contributed by atoms with Crippen LogP contribution in [0.1, 0.15) is 0 Å². The van der Waals surface area contributed by atoms with Gasteiger partial charge in [0.1, 0.15) is 5.82 Å². The first-order valence-corrected chi connectivity index (χ1v) is 7.33. The second-order valence-corrected chi connectivity index (χ2v) is 6.27. The van der Waals surface area contributed by atoms with E-state index in [1.165, 1.54) is 24.3 Å². The standard InChI is InChI=1S/C12H13BrFNO2S/c1-3-7-15(8-4-2)18(16,17)10-5-6-11(13)12(14)9-10/h3-6,9H,1-2,7-8H2. The van der Waals surface area contributed by atoms with Gasteiger partial charge >= 0.3 is 0 Å². The Labute approximate surface area is 115 Å². The van der Waals surface area contributed by atoms with E-state index in [0.29, 0.717) is 0 Å². The quantitative estimate of drug-likeness (QED) is 0.750. The van der Waals surface area contributed by atoms with Crippen LogP contribution in [0.2, 0.25) is 0 Å². The van der Waals surface area contributed by atoms with Gasteiger partial charge in [0.15, 0.2) is 0 Å². The van der Waals surface area contributed by atoms with Crippen molar-refractivity contribution in [3.8, 4) is 0 Å². The highest BCUT2D eigenvalue weighted by Crippen LogP contribution is 2.22. The molecule has 0 heterocycles. The lowest BCUT2D eigenvalue weighted by molar-refractivity contribution is 0.473. The van der Waals surface area contributed by atoms with E-state index in [-0.39, 0.29) is 22.5 Å². The summed E-state index contributed by atoms with van der Waals surface area (Å²) < 4.78 is 39.2. The lowest BCUT2D eigenvalue weighted by Crippen LogP contribution is -2.31. The van der Waals surface area contributed by atoms with E-state index in [4.69, 9.17) is 0 Å². The Morgan fingerprint density at radius 2 is 1.83 bits per heavy atom. The van der Waals surface area contributed by atoms with Crippen molar-refractivity contribution in [3.05, 3.63) is 53.8 Å². The molecule has 1 aromatic carbocycles. The van der Waals surface area contributed by atoms with Crippen molar-refractivity contribution in [1.82, 2.24) is 4.31 Å². The predicted octanol–water partition coefficient (Wildman–Crippen LogP) is 2.95. The minimum atomic E-state index is -3.73. The molecule has 1 rings (SSSR count). The smallest absolute Gasteiger partial charge is 0.207 e. The molecule has 0 aliphatic carbocycles. The molecule has 0 amide bonds. The molecule has 3 nitrogen and oxygen atoms in total. The van der Waals surface area contributed by atoms with Crippen molar-refractivity contribution in [1.29, 1.82) is 0 Å². The Morgan fingerprint density at radius 3 is 2.28 bits per heavy atom. The minimum Gasteiger partial charge on any atom is -0.207 e. The Balaban J connectivity index is 3.21. The van der Waals surface area contributed by atoms with Crippen LogP contribution in [0, 0.1) is 5.82 Å². The lowest BCUT2D eigenvalue weighted by atomic mass is 10.3. The molecule has 1 aromatic rings. The first-order valence-electron chi connectivity index (χ1n) is 5.10. The van der Waals surface area contributed by atoms with E-state index < -0.39 is 15.8 Å². The van der Waals surface area contributed by atoms with E-state index in [1.54, 1.807) is 0 Å². The number of nitrogens with zero attached hydrogens (tertiary/aromatic N) is 1. The molecule has 18 heavy (non-hydrogen) atoms. The fourth-order valence-electron chi connectivity index (χ4n) is 1.35. The fourth-order valence-corrected chi connectivity index (χ4v) is 2.99. The van der Waals surface area contributed by atoms with Gasteiger partial charge in [0.05, 0.1) is 9.37 Å². The van der Waals surface area contributed by atoms with Gasteiger partial charge < -0.3 is 0 Å². The SMILES string of the molecule is C=CCN(CC=C)S(=O)(=O)c1ccc(Br)c(F)c1. The van der Waals surface area contributed by atoms with Gasteiger partial charge in [-0.25, -0.2) is 12.8 Å². The molecule has 0 saturated heterocycles. The molecule has 0 fully saturated rings. The van der Waals surface area contributed by atoms with Gasteiger partial charge in [-0.1, -0.05) is 12.2 Å². The molecule has 0 atom stereocenters. The van der Waals surface area contributed by atoms with E-state index in [9.17, 15) is 12.8 Å². The maximum atomic E-state index is 13.4. The zero-order valence-corrected chi connectivity index (χ0v) is 12.0. The molecule has 0 unspecified atom stereocenters. The van der Waals surface area contributed by atoms with Crippen LogP contribution in [0.4, 0.5) is 4.39 Å². The molecular weight excluding hydrogens is 321 g/mol. The predicted molar refractivity (Wildman–Crippen MR) is 73.3 cm³/mol. The van der Waals surface area contributed by atoms with E-state index in [2.05, 4.69) is 29.1 Å². The number of benzene rings is 1. The Bertz CT molecular complexity index is 547. The number of rotatable bonds is 6. The number of hydrogen-bond acceptors (Lipinski definition) is 2. The summed E-state index contributed by atoms with van der Waals surface area (Å²) in [7, 11) is -3.73. The second kappa shape index (κ2) is 6.26. The molecule has 0 aromatic heterocycles. The summed E-state index contributed by atoms with van der Waals surface area (Å²) in [5.41, 5.74) is 0. The van der Waals surface area contributed by atoms with Crippen LogP contribution < -0.4 is 0 Å². The zero-order valence-electron chi connectivity index (χ0n) is 9.64. The Kier molecular flexibility index (Phi) is 5.25. The van der Waals surface area contributed by atoms with Crippen molar-refractivity contribution in [3.63, 3.8) is 0 Å². The summed E-state index contributed by atoms with van der Waals surface area (Å²) >= 11 is 2.98. The molecular formula is C12H13BrFNO2S. The van der Waals surface area contributed by atoms with Crippen molar-refractivity contribution in [2.45, 2.75) is 4.90 Å². The van der Waals surface area contributed by atoms with Gasteiger partial charge in [-0.15, -0.1) is 13.2 Å². The van der Waals surface area contributed by atoms with Gasteiger partial charge in [-0.3, -0.25) is 0 Å². The van der Waals surface area contributed by atoms with Gasteiger partial charge in [0, 0.05) is 13.1 Å². The van der Waals surface area contributed by atoms with Crippen LogP contribution in [-0.4, -0.2) is 25.8 Å². The van der Waals surface area contributed by atoms with Crippen molar-refractivity contribution < 1.29 is 12.8 Å². The van der Waals surface area contributed by atoms with Crippen LogP contribution in [0.25, 0.3) is 0 Å². The van der Waals surface area contributed by atoms with Gasteiger partial charge in [-0.2, -0.15) is 4.31 Å². The van der Waals surface area contributed by atoms with Crippen molar-refractivity contribution in [2.24, 2.45) is 0 Å². The molecule has 0 aliphatic heterocycles. The summed E-state index contributed by atoms with van der Waals surface area (Å²) in [4.78, 5) is -0.0908. The average molecular weight is 334 g/mol. The van der Waals surface area contributed by atoms with E-state index in [0.717, 1.165) is 10.4 Å². The molecule has 0 bridgehead atoms. The first kappa shape index (κ1) is 15.1. The highest BCUT2D eigenvalue weighted by Gasteiger charge is 2.23. The van der Waals surface area contributed by atoms with Crippen LogP contribution in [-0.2, 0) is 10.0 Å². The monoisotopic (exact) mass is 333 g/mol. The maximum absolute atomic E-state index is 13.4. The molecule has 98 valence electrons. The first-order chi connectivity index (χ1) is 8.43. The molecule has 0 saturated carbocycles. The van der Waals surface area contributed by atoms with Crippen molar-refractivity contribution >= 4 is 26.0 Å². The molecule has 0 radical (unpaired) electrons. The third-order valence-electron chi connectivity index (χ3n) is 2.19. The van der Waals surface area contributed by atoms with E-state index >= 15 is 0 Å². The van der Waals surface area contributed by atoms with Gasteiger partial charge in [0.25, 0.3) is 0 Å². The third-order valence-corrected chi connectivity index (χ3v) is 4.67. The summed E-state index contributed by atoms with van der Waals surface area (Å²) in [6, 6.07) is 3.70. The minimum absolute atomic E-state index is 0.0908. The maximum Gasteiger partial charge on any atom is 0.243 e. The normalized spacial score (nSPS) is 11.5. The second-order valence-electron chi connectivity index (χ2n) is 3.48. The number of sulfonamides is 1. The summed E-state index contributed by atoms with van der Waals surface area (Å²) in [5.74, 6) is -0.617. The van der Waals surface area contributed by atoms with Crippen LogP contribution in [0.15, 0.2) is 52.9 Å². The molecule has 0 N–H and O–H groups in total. The van der Waals surface area contributed by atoms with Crippen LogP contribution in [0.5, 0.6) is 0 Å². The van der Waals surface area contributed by atoms with Gasteiger partial charge in [-0.05, 0) is 34.1 Å². The molecule has 6 heteroatoms. The van der Waals surface area contributed by atoms with Crippen LogP contribution >= 0.6 is 15.9 Å². The summed E-state index contributed by atoms with van der Waals surface area (Å²) in [6.07, 6.45) is 2.94. The van der Waals surface area contributed by atoms with E-state index in [1.807, 2.05) is 0 Å². The zero-order chi connectivity index (χ0) is 13.8. The average Bonchev–Trinajstić information content (AvgIpc) is 2.32. The van der Waals surface area contributed by atoms with Crippen LogP contribution in [0.3, 0.4) is 0 Å². The summed E-state index contributed by atoms with van der Waals surface area (Å²) in [5, 5.41) is 0. The van der Waals surface area contributed by atoms with Gasteiger partial charge in [0.2, 0.25) is 10.0 Å². The lowest BCUT2D eigenvalue weighted by Gasteiger charge is -2.19. The largest absolute Gasteiger partial charge is 0.243 e. The van der Waals surface area contributed by atoms with Crippen molar-refractivity contribution in [2.75, 3.05) is 13.1 Å². The Hall–Kier alpha value is -0.980. The topological polar surface area (TPSA) is 37.4 Å². The Morgan fingerprint density at radius 1 is 1.28 bits per heavy atom. The fraction of sp³-hybridized carbons (Fsp3) is 0.167. The number of halogens is 2. The molecule has 0 aliphatic rings. The third kappa shape index (κ3) is 3.28. The molecule has 0 spiro atoms. The highest BCUT2D eigenvalue weighted by molar-refractivity contribution is 9.10.